The first-order chi connectivity index (χ1) is 14.0. The summed E-state index contributed by atoms with van der Waals surface area (Å²) in [5.41, 5.74) is 0.780. The van der Waals surface area contributed by atoms with E-state index in [0.29, 0.717) is 11.3 Å². The van der Waals surface area contributed by atoms with Gasteiger partial charge in [0, 0.05) is 11.3 Å². The van der Waals surface area contributed by atoms with Gasteiger partial charge in [0.2, 0.25) is 6.10 Å². The highest BCUT2D eigenvalue weighted by molar-refractivity contribution is 5.96. The lowest BCUT2D eigenvalue weighted by Gasteiger charge is -2.18. The van der Waals surface area contributed by atoms with Crippen molar-refractivity contribution in [1.82, 2.24) is 0 Å². The third-order valence-corrected chi connectivity index (χ3v) is 3.88. The van der Waals surface area contributed by atoms with E-state index in [-0.39, 0.29) is 5.75 Å². The van der Waals surface area contributed by atoms with Gasteiger partial charge in [-0.15, -0.1) is 0 Å². The summed E-state index contributed by atoms with van der Waals surface area (Å²) in [7, 11) is 0. The van der Waals surface area contributed by atoms with E-state index in [4.69, 9.17) is 9.47 Å². The van der Waals surface area contributed by atoms with E-state index in [0.717, 1.165) is 0 Å². The number of amides is 1. The van der Waals surface area contributed by atoms with Gasteiger partial charge in [-0.05, 0) is 36.4 Å². The Labute approximate surface area is 165 Å². The lowest BCUT2D eigenvalue weighted by atomic mass is 10.1. The number of carbonyl (C=O) groups excluding carboxylic acids is 2. The molecule has 0 saturated carbocycles. The van der Waals surface area contributed by atoms with Gasteiger partial charge >= 0.3 is 5.97 Å². The van der Waals surface area contributed by atoms with Crippen molar-refractivity contribution >= 4 is 17.6 Å². The molecule has 3 aromatic rings. The number of anilines is 1. The summed E-state index contributed by atoms with van der Waals surface area (Å²) in [6.07, 6.45) is -1.27. The largest absolute Gasteiger partial charge is 0.479 e. The highest BCUT2D eigenvalue weighted by Crippen LogP contribution is 2.21. The van der Waals surface area contributed by atoms with E-state index in [2.05, 4.69) is 5.32 Å². The monoisotopic (exact) mass is 397 g/mol. The van der Waals surface area contributed by atoms with Crippen LogP contribution in [0.1, 0.15) is 11.7 Å². The molecule has 0 spiro atoms. The zero-order chi connectivity index (χ0) is 20.6. The predicted octanol–water partition coefficient (Wildman–Crippen LogP) is 4.27. The number of benzene rings is 3. The van der Waals surface area contributed by atoms with Crippen molar-refractivity contribution in [2.75, 3.05) is 11.9 Å². The Hall–Kier alpha value is -3.74. The summed E-state index contributed by atoms with van der Waals surface area (Å²) in [5.74, 6) is -2.64. The summed E-state index contributed by atoms with van der Waals surface area (Å²) >= 11 is 0. The maximum absolute atomic E-state index is 13.6. The normalized spacial score (nSPS) is 11.4. The molecule has 148 valence electrons. The molecule has 7 heteroatoms. The Balaban J connectivity index is 1.70. The van der Waals surface area contributed by atoms with E-state index in [1.165, 1.54) is 42.5 Å². The Morgan fingerprint density at radius 2 is 1.52 bits per heavy atom. The fourth-order valence-electron chi connectivity index (χ4n) is 2.51. The number of carbonyl (C=O) groups is 2. The van der Waals surface area contributed by atoms with Crippen LogP contribution in [-0.4, -0.2) is 18.5 Å². The molecule has 0 aromatic heterocycles. The van der Waals surface area contributed by atoms with Gasteiger partial charge in [0.1, 0.15) is 5.82 Å². The van der Waals surface area contributed by atoms with Crippen molar-refractivity contribution in [1.29, 1.82) is 0 Å². The Morgan fingerprint density at radius 1 is 0.862 bits per heavy atom. The van der Waals surface area contributed by atoms with E-state index in [9.17, 15) is 18.4 Å². The summed E-state index contributed by atoms with van der Waals surface area (Å²) in [5, 5.41) is 2.57. The van der Waals surface area contributed by atoms with Crippen LogP contribution in [-0.2, 0) is 14.3 Å². The van der Waals surface area contributed by atoms with Crippen LogP contribution in [0.5, 0.6) is 5.75 Å². The Bertz CT molecular complexity index is 978. The minimum Gasteiger partial charge on any atom is -0.479 e. The average Bonchev–Trinajstić information content (AvgIpc) is 2.73. The average molecular weight is 397 g/mol. The van der Waals surface area contributed by atoms with E-state index in [1.807, 2.05) is 0 Å². The number of rotatable bonds is 7. The molecule has 0 aliphatic carbocycles. The van der Waals surface area contributed by atoms with Crippen molar-refractivity contribution in [3.63, 3.8) is 0 Å². The van der Waals surface area contributed by atoms with Crippen LogP contribution >= 0.6 is 0 Å². The van der Waals surface area contributed by atoms with Crippen molar-refractivity contribution < 1.29 is 27.8 Å². The standard InChI is InChI=1S/C22H17F2NO4/c23-16-10-12-17(13-11-16)25-22(27)21(15-6-2-1-3-7-15)29-20(26)14-28-19-9-5-4-8-18(19)24/h1-13,21H,14H2,(H,25,27)/t21-/m0/s1. The van der Waals surface area contributed by atoms with E-state index in [1.54, 1.807) is 36.4 Å². The predicted molar refractivity (Wildman–Crippen MR) is 102 cm³/mol. The number of halogens is 2. The Morgan fingerprint density at radius 3 is 2.21 bits per heavy atom. The molecule has 29 heavy (non-hydrogen) atoms. The second-order valence-electron chi connectivity index (χ2n) is 6.00. The molecule has 1 amide bonds. The number of para-hydroxylation sites is 1. The molecule has 0 saturated heterocycles. The summed E-state index contributed by atoms with van der Waals surface area (Å²) in [6.45, 7) is -0.575. The third kappa shape index (κ3) is 5.62. The SMILES string of the molecule is O=C(COc1ccccc1F)O[C@H](C(=O)Nc1ccc(F)cc1)c1ccccc1. The third-order valence-electron chi connectivity index (χ3n) is 3.88. The fourth-order valence-corrected chi connectivity index (χ4v) is 2.51. The van der Waals surface area contributed by atoms with E-state index >= 15 is 0 Å². The molecule has 1 atom stereocenters. The van der Waals surface area contributed by atoms with Gasteiger partial charge in [0.25, 0.3) is 5.91 Å². The van der Waals surface area contributed by atoms with Gasteiger partial charge in [-0.1, -0.05) is 42.5 Å². The first kappa shape index (κ1) is 20.0. The van der Waals surface area contributed by atoms with E-state index < -0.39 is 36.2 Å². The lowest BCUT2D eigenvalue weighted by Crippen LogP contribution is -2.28. The van der Waals surface area contributed by atoms with Gasteiger partial charge in [-0.25, -0.2) is 13.6 Å². The molecule has 0 bridgehead atoms. The van der Waals surface area contributed by atoms with Gasteiger partial charge < -0.3 is 14.8 Å². The molecule has 3 rings (SSSR count). The zero-order valence-electron chi connectivity index (χ0n) is 15.2. The zero-order valence-corrected chi connectivity index (χ0v) is 15.2. The molecule has 0 aliphatic rings. The van der Waals surface area contributed by atoms with Gasteiger partial charge in [-0.3, -0.25) is 4.79 Å². The molecule has 0 unspecified atom stereocenters. The van der Waals surface area contributed by atoms with Crippen LogP contribution in [0.2, 0.25) is 0 Å². The number of nitrogens with one attached hydrogen (secondary N) is 1. The second-order valence-corrected chi connectivity index (χ2v) is 6.00. The summed E-state index contributed by atoms with van der Waals surface area (Å²) in [4.78, 5) is 24.9. The number of hydrogen-bond donors (Lipinski definition) is 1. The fraction of sp³-hybridized carbons (Fsp3) is 0.0909. The van der Waals surface area contributed by atoms with Crippen molar-refractivity contribution in [2.45, 2.75) is 6.10 Å². The number of hydrogen-bond acceptors (Lipinski definition) is 4. The maximum atomic E-state index is 13.6. The Kier molecular flexibility index (Phi) is 6.52. The summed E-state index contributed by atoms with van der Waals surface area (Å²) in [6, 6.07) is 19.2. The number of esters is 1. The van der Waals surface area contributed by atoms with Crippen LogP contribution in [0, 0.1) is 11.6 Å². The molecule has 0 heterocycles. The van der Waals surface area contributed by atoms with Crippen LogP contribution in [0.4, 0.5) is 14.5 Å². The molecule has 0 radical (unpaired) electrons. The molecule has 0 fully saturated rings. The highest BCUT2D eigenvalue weighted by atomic mass is 19.1. The van der Waals surface area contributed by atoms with Gasteiger partial charge in [0.05, 0.1) is 0 Å². The molecular formula is C22H17F2NO4. The van der Waals surface area contributed by atoms with Crippen LogP contribution < -0.4 is 10.1 Å². The highest BCUT2D eigenvalue weighted by Gasteiger charge is 2.25. The smallest absolute Gasteiger partial charge is 0.345 e. The van der Waals surface area contributed by atoms with Crippen LogP contribution in [0.15, 0.2) is 78.9 Å². The first-order valence-corrected chi connectivity index (χ1v) is 8.71. The molecule has 1 N–H and O–H groups in total. The summed E-state index contributed by atoms with van der Waals surface area (Å²) < 4.78 is 37.1. The first-order valence-electron chi connectivity index (χ1n) is 8.71. The van der Waals surface area contributed by atoms with Crippen LogP contribution in [0.3, 0.4) is 0 Å². The van der Waals surface area contributed by atoms with Crippen molar-refractivity contribution in [2.24, 2.45) is 0 Å². The van der Waals surface area contributed by atoms with Crippen LogP contribution in [0.25, 0.3) is 0 Å². The maximum Gasteiger partial charge on any atom is 0.345 e. The van der Waals surface area contributed by atoms with Gasteiger partial charge in [-0.2, -0.15) is 0 Å². The molecule has 5 nitrogen and oxygen atoms in total. The van der Waals surface area contributed by atoms with Crippen molar-refractivity contribution in [3.05, 3.63) is 96.1 Å². The second kappa shape index (κ2) is 9.45. The minimum atomic E-state index is -1.27. The molecule has 0 aliphatic heterocycles. The van der Waals surface area contributed by atoms with Crippen molar-refractivity contribution in [3.8, 4) is 5.75 Å². The topological polar surface area (TPSA) is 64.6 Å². The van der Waals surface area contributed by atoms with Gasteiger partial charge in [0.15, 0.2) is 18.2 Å². The molecular weight excluding hydrogens is 380 g/mol. The lowest BCUT2D eigenvalue weighted by molar-refractivity contribution is -0.156. The quantitative estimate of drug-likeness (QED) is 0.605. The minimum absolute atomic E-state index is 0.100. The number of ether oxygens (including phenoxy) is 2. The molecule has 3 aromatic carbocycles.